The summed E-state index contributed by atoms with van der Waals surface area (Å²) in [6.45, 7) is -2.04. The number of benzene rings is 1. The number of halogens is 5. The first-order valence-electron chi connectivity index (χ1n) is 9.93. The Morgan fingerprint density at radius 1 is 1.25 bits per heavy atom. The Hall–Kier alpha value is -2.44. The lowest BCUT2D eigenvalue weighted by atomic mass is 9.88. The highest BCUT2D eigenvalue weighted by Gasteiger charge is 2.49. The second-order valence-electron chi connectivity index (χ2n) is 8.12. The van der Waals surface area contributed by atoms with Crippen LogP contribution in [0.25, 0.3) is 11.0 Å². The molecule has 0 bridgehead atoms. The number of carbonyl (C=O) groups excluding carboxylic acids is 1. The number of ether oxygens (including phenoxy) is 1. The van der Waals surface area contributed by atoms with Gasteiger partial charge < -0.3 is 29.6 Å². The second kappa shape index (κ2) is 7.85. The number of anilines is 1. The van der Waals surface area contributed by atoms with E-state index < -0.39 is 54.8 Å². The maximum absolute atomic E-state index is 15.2. The number of hydrogen-bond donors (Lipinski definition) is 3. The van der Waals surface area contributed by atoms with Gasteiger partial charge in [-0.25, -0.2) is 8.78 Å². The van der Waals surface area contributed by atoms with Crippen LogP contribution in [0.2, 0.25) is 0 Å². The topological polar surface area (TPSA) is 95.2 Å². The van der Waals surface area contributed by atoms with E-state index in [0.29, 0.717) is 0 Å². The van der Waals surface area contributed by atoms with E-state index in [1.165, 1.54) is 0 Å². The number of nitrogens with one attached hydrogen (secondary N) is 1. The van der Waals surface area contributed by atoms with Crippen molar-refractivity contribution in [3.8, 4) is 0 Å². The van der Waals surface area contributed by atoms with Crippen molar-refractivity contribution in [1.82, 2.24) is 5.32 Å². The molecule has 0 aliphatic carbocycles. The minimum absolute atomic E-state index is 0.00501. The van der Waals surface area contributed by atoms with E-state index >= 15 is 8.78 Å². The summed E-state index contributed by atoms with van der Waals surface area (Å²) < 4.78 is 80.6. The van der Waals surface area contributed by atoms with Crippen LogP contribution in [0.4, 0.5) is 27.6 Å². The first-order valence-corrected chi connectivity index (χ1v) is 9.93. The summed E-state index contributed by atoms with van der Waals surface area (Å²) in [5, 5.41) is 21.9. The number of carbonyl (C=O) groups is 1. The van der Waals surface area contributed by atoms with Gasteiger partial charge in [-0.2, -0.15) is 13.2 Å². The fourth-order valence-corrected chi connectivity index (χ4v) is 4.05. The SMILES string of the molecule is O=C1NCCN(CC(F)(F)C2CC(O)(CO)CCO2)c2c1oc1ccc(C(F)(F)F)cc21. The Kier molecular flexibility index (Phi) is 5.58. The molecule has 32 heavy (non-hydrogen) atoms. The summed E-state index contributed by atoms with van der Waals surface area (Å²) in [7, 11) is 0. The molecule has 2 atom stereocenters. The average molecular weight is 464 g/mol. The van der Waals surface area contributed by atoms with E-state index in [2.05, 4.69) is 5.32 Å². The van der Waals surface area contributed by atoms with E-state index in [4.69, 9.17) is 9.15 Å². The van der Waals surface area contributed by atoms with Crippen LogP contribution in [0.5, 0.6) is 0 Å². The zero-order valence-corrected chi connectivity index (χ0v) is 16.7. The first-order chi connectivity index (χ1) is 14.9. The lowest BCUT2D eigenvalue weighted by Gasteiger charge is -2.40. The van der Waals surface area contributed by atoms with Gasteiger partial charge in [0.2, 0.25) is 5.76 Å². The normalized spacial score (nSPS) is 24.9. The van der Waals surface area contributed by atoms with Crippen LogP contribution in [0, 0.1) is 0 Å². The van der Waals surface area contributed by atoms with Gasteiger partial charge in [0.25, 0.3) is 11.8 Å². The van der Waals surface area contributed by atoms with Crippen LogP contribution in [0.1, 0.15) is 29.0 Å². The monoisotopic (exact) mass is 464 g/mol. The third kappa shape index (κ3) is 4.14. The minimum Gasteiger partial charge on any atom is -0.449 e. The Balaban J connectivity index is 1.72. The fourth-order valence-electron chi connectivity index (χ4n) is 4.05. The smallest absolute Gasteiger partial charge is 0.416 e. The number of rotatable bonds is 4. The molecule has 2 aliphatic heterocycles. The van der Waals surface area contributed by atoms with Crippen molar-refractivity contribution in [3.05, 3.63) is 29.5 Å². The van der Waals surface area contributed by atoms with Gasteiger partial charge in [-0.05, 0) is 18.2 Å². The molecule has 1 saturated heterocycles. The second-order valence-corrected chi connectivity index (χ2v) is 8.12. The van der Waals surface area contributed by atoms with Crippen LogP contribution >= 0.6 is 0 Å². The Bertz CT molecular complexity index is 1020. The zero-order valence-electron chi connectivity index (χ0n) is 16.7. The molecule has 1 aromatic heterocycles. The number of nitrogens with zero attached hydrogens (tertiary/aromatic N) is 1. The van der Waals surface area contributed by atoms with E-state index in [-0.39, 0.29) is 48.5 Å². The third-order valence-corrected chi connectivity index (χ3v) is 5.80. The van der Waals surface area contributed by atoms with E-state index in [1.54, 1.807) is 0 Å². The molecule has 2 aliphatic rings. The minimum atomic E-state index is -4.68. The van der Waals surface area contributed by atoms with Crippen molar-refractivity contribution < 1.29 is 46.1 Å². The quantitative estimate of drug-likeness (QED) is 0.603. The third-order valence-electron chi connectivity index (χ3n) is 5.80. The van der Waals surface area contributed by atoms with Crippen LogP contribution in [0.3, 0.4) is 0 Å². The standard InChI is InChI=1S/C20H21F5N2O5/c21-19(22,14-8-18(30,10-28)3-6-31-14)9-27-5-4-26-17(29)16-15(27)12-7-11(20(23,24)25)1-2-13(12)32-16/h1-2,7,14,28,30H,3-6,8-10H2,(H,26,29). The van der Waals surface area contributed by atoms with Crippen molar-refractivity contribution in [2.24, 2.45) is 0 Å². The molecule has 3 heterocycles. The van der Waals surface area contributed by atoms with Gasteiger partial charge in [-0.3, -0.25) is 4.79 Å². The molecule has 1 fully saturated rings. The predicted octanol–water partition coefficient (Wildman–Crippen LogP) is 2.54. The van der Waals surface area contributed by atoms with Gasteiger partial charge in [0.1, 0.15) is 11.7 Å². The highest BCUT2D eigenvalue weighted by atomic mass is 19.4. The molecule has 1 aromatic carbocycles. The molecule has 1 amide bonds. The molecule has 0 saturated carbocycles. The van der Waals surface area contributed by atoms with Gasteiger partial charge in [0, 0.05) is 31.3 Å². The number of fused-ring (bicyclic) bond motifs is 3. The summed E-state index contributed by atoms with van der Waals surface area (Å²) in [6, 6.07) is 2.60. The van der Waals surface area contributed by atoms with Crippen molar-refractivity contribution in [3.63, 3.8) is 0 Å². The molecule has 176 valence electrons. The van der Waals surface area contributed by atoms with Crippen molar-refractivity contribution in [1.29, 1.82) is 0 Å². The highest BCUT2D eigenvalue weighted by molar-refractivity contribution is 6.07. The maximum atomic E-state index is 15.2. The number of furan rings is 1. The van der Waals surface area contributed by atoms with Gasteiger partial charge >= 0.3 is 6.18 Å². The molecule has 4 rings (SSSR count). The molecule has 12 heteroatoms. The summed E-state index contributed by atoms with van der Waals surface area (Å²) in [4.78, 5) is 13.5. The van der Waals surface area contributed by atoms with E-state index in [1.807, 2.05) is 0 Å². The van der Waals surface area contributed by atoms with Crippen LogP contribution in [-0.2, 0) is 10.9 Å². The van der Waals surface area contributed by atoms with Gasteiger partial charge in [-0.1, -0.05) is 0 Å². The van der Waals surface area contributed by atoms with Crippen LogP contribution in [-0.4, -0.2) is 66.6 Å². The van der Waals surface area contributed by atoms with Crippen molar-refractivity contribution >= 4 is 22.6 Å². The summed E-state index contributed by atoms with van der Waals surface area (Å²) >= 11 is 0. The number of amides is 1. The number of aliphatic hydroxyl groups excluding tert-OH is 1. The van der Waals surface area contributed by atoms with Gasteiger partial charge in [0.15, 0.2) is 0 Å². The highest BCUT2D eigenvalue weighted by Crippen LogP contribution is 2.41. The molecule has 3 N–H and O–H groups in total. The Morgan fingerprint density at radius 3 is 2.69 bits per heavy atom. The summed E-state index contributed by atoms with van der Waals surface area (Å²) in [6.07, 6.45) is -6.92. The maximum Gasteiger partial charge on any atom is 0.416 e. The van der Waals surface area contributed by atoms with E-state index in [0.717, 1.165) is 23.1 Å². The van der Waals surface area contributed by atoms with Gasteiger partial charge in [-0.15, -0.1) is 0 Å². The summed E-state index contributed by atoms with van der Waals surface area (Å²) in [5.41, 5.74) is -2.92. The van der Waals surface area contributed by atoms with Crippen LogP contribution in [0.15, 0.2) is 22.6 Å². The lowest BCUT2D eigenvalue weighted by molar-refractivity contribution is -0.197. The number of aliphatic hydroxyl groups is 2. The Morgan fingerprint density at radius 2 is 2.00 bits per heavy atom. The molecule has 0 radical (unpaired) electrons. The summed E-state index contributed by atoms with van der Waals surface area (Å²) in [5.74, 6) is -4.64. The molecule has 0 spiro atoms. The molecular formula is C20H21F5N2O5. The largest absolute Gasteiger partial charge is 0.449 e. The molecule has 7 nitrogen and oxygen atoms in total. The number of hydrogen-bond acceptors (Lipinski definition) is 6. The average Bonchev–Trinajstić information content (AvgIpc) is 3.04. The van der Waals surface area contributed by atoms with E-state index in [9.17, 15) is 28.2 Å². The van der Waals surface area contributed by atoms with Crippen molar-refractivity contribution in [2.75, 3.05) is 37.7 Å². The number of alkyl halides is 5. The van der Waals surface area contributed by atoms with Gasteiger partial charge in [0.05, 0.1) is 36.6 Å². The Labute approximate surface area is 178 Å². The zero-order chi connectivity index (χ0) is 23.3. The fraction of sp³-hybridized carbons (Fsp3) is 0.550. The lowest BCUT2D eigenvalue weighted by Crippen LogP contribution is -2.54. The predicted molar refractivity (Wildman–Crippen MR) is 102 cm³/mol. The van der Waals surface area contributed by atoms with Crippen molar-refractivity contribution in [2.45, 2.75) is 36.6 Å². The first kappa shape index (κ1) is 22.7. The molecular weight excluding hydrogens is 443 g/mol. The molecule has 2 aromatic rings. The van der Waals surface area contributed by atoms with Crippen LogP contribution < -0.4 is 10.2 Å². The molecule has 2 unspecified atom stereocenters.